The van der Waals surface area contributed by atoms with Crippen molar-refractivity contribution >= 4 is 11.5 Å². The molecule has 1 aliphatic carbocycles. The van der Waals surface area contributed by atoms with Crippen LogP contribution in [0.1, 0.15) is 17.5 Å². The number of anilines is 2. The van der Waals surface area contributed by atoms with Gasteiger partial charge >= 0.3 is 0 Å². The molecular weight excluding hydrogens is 343 g/mol. The first-order valence-electron chi connectivity index (χ1n) is 9.11. The molecule has 0 spiro atoms. The Morgan fingerprint density at radius 3 is 2.78 bits per heavy atom. The molecule has 0 unspecified atom stereocenters. The van der Waals surface area contributed by atoms with E-state index in [0.717, 1.165) is 53.5 Å². The van der Waals surface area contributed by atoms with E-state index in [1.165, 1.54) is 17.7 Å². The van der Waals surface area contributed by atoms with E-state index in [-0.39, 0.29) is 5.82 Å². The number of benzene rings is 2. The number of aromatic amines is 1. The number of aromatic nitrogens is 2. The second kappa shape index (κ2) is 7.40. The molecule has 2 aromatic carbocycles. The molecule has 140 valence electrons. The lowest BCUT2D eigenvalue weighted by Gasteiger charge is -2.11. The number of ether oxygens (including phenoxy) is 1. The fraction of sp³-hybridized carbons (Fsp3) is 0.286. The first kappa shape index (κ1) is 17.5. The van der Waals surface area contributed by atoms with Crippen molar-refractivity contribution in [2.75, 3.05) is 32.6 Å². The predicted molar refractivity (Wildman–Crippen MR) is 105 cm³/mol. The minimum absolute atomic E-state index is 0.252. The summed E-state index contributed by atoms with van der Waals surface area (Å²) in [6.45, 7) is 1.72. The summed E-state index contributed by atoms with van der Waals surface area (Å²) in [5, 5.41) is 10.8. The molecule has 2 N–H and O–H groups in total. The monoisotopic (exact) mass is 366 g/mol. The van der Waals surface area contributed by atoms with E-state index in [2.05, 4.69) is 46.6 Å². The lowest BCUT2D eigenvalue weighted by molar-refractivity contribution is 0.281. The highest BCUT2D eigenvalue weighted by atomic mass is 19.1. The number of rotatable bonds is 7. The topological polar surface area (TPSA) is 53.2 Å². The van der Waals surface area contributed by atoms with Crippen molar-refractivity contribution in [2.24, 2.45) is 0 Å². The number of halogens is 1. The Hall–Kier alpha value is -2.86. The highest BCUT2D eigenvalue weighted by molar-refractivity contribution is 5.80. The Kier molecular flexibility index (Phi) is 4.81. The molecule has 27 heavy (non-hydrogen) atoms. The van der Waals surface area contributed by atoms with Crippen LogP contribution in [0.2, 0.25) is 0 Å². The van der Waals surface area contributed by atoms with Crippen LogP contribution < -0.4 is 10.1 Å². The summed E-state index contributed by atoms with van der Waals surface area (Å²) in [4.78, 5) is 2.15. The number of hydrogen-bond acceptors (Lipinski definition) is 4. The smallest absolute Gasteiger partial charge is 0.156 e. The normalized spacial score (nSPS) is 12.1. The van der Waals surface area contributed by atoms with Crippen LogP contribution >= 0.6 is 0 Å². The number of H-pyrrole nitrogens is 1. The summed E-state index contributed by atoms with van der Waals surface area (Å²) >= 11 is 0. The molecule has 5 nitrogen and oxygen atoms in total. The quantitative estimate of drug-likeness (QED) is 0.482. The van der Waals surface area contributed by atoms with Crippen LogP contribution in [-0.2, 0) is 6.42 Å². The Labute approximate surface area is 158 Å². The maximum absolute atomic E-state index is 13.1. The molecule has 0 saturated heterocycles. The van der Waals surface area contributed by atoms with Crippen molar-refractivity contribution in [2.45, 2.75) is 12.8 Å². The number of nitrogens with one attached hydrogen (secondary N) is 2. The zero-order chi connectivity index (χ0) is 18.8. The molecule has 1 aliphatic rings. The maximum atomic E-state index is 13.1. The van der Waals surface area contributed by atoms with Gasteiger partial charge in [0.2, 0.25) is 0 Å². The van der Waals surface area contributed by atoms with E-state index in [9.17, 15) is 4.39 Å². The fourth-order valence-electron chi connectivity index (χ4n) is 3.34. The van der Waals surface area contributed by atoms with Gasteiger partial charge in [-0.25, -0.2) is 4.39 Å². The summed E-state index contributed by atoms with van der Waals surface area (Å²) in [7, 11) is 4.13. The molecule has 0 atom stereocenters. The van der Waals surface area contributed by atoms with Gasteiger partial charge in [0.25, 0.3) is 0 Å². The molecule has 0 radical (unpaired) electrons. The lowest BCUT2D eigenvalue weighted by Crippen LogP contribution is -2.15. The molecule has 0 bridgehead atoms. The molecule has 6 heteroatoms. The number of nitrogens with zero attached hydrogens (tertiary/aromatic N) is 2. The molecule has 0 aliphatic heterocycles. The second-order valence-corrected chi connectivity index (χ2v) is 7.06. The van der Waals surface area contributed by atoms with E-state index >= 15 is 0 Å². The fourth-order valence-corrected chi connectivity index (χ4v) is 3.34. The summed E-state index contributed by atoms with van der Waals surface area (Å²) in [5.41, 5.74) is 5.36. The van der Waals surface area contributed by atoms with Crippen molar-refractivity contribution in [3.05, 3.63) is 59.4 Å². The Morgan fingerprint density at radius 2 is 2.00 bits per heavy atom. The summed E-state index contributed by atoms with van der Waals surface area (Å²) in [5.74, 6) is 1.43. The minimum Gasteiger partial charge on any atom is -0.494 e. The van der Waals surface area contributed by atoms with Gasteiger partial charge < -0.3 is 15.0 Å². The second-order valence-electron chi connectivity index (χ2n) is 7.06. The number of hydrogen-bond donors (Lipinski definition) is 2. The summed E-state index contributed by atoms with van der Waals surface area (Å²) in [6, 6.07) is 12.5. The minimum atomic E-state index is -0.252. The van der Waals surface area contributed by atoms with Gasteiger partial charge in [0.15, 0.2) is 5.82 Å². The van der Waals surface area contributed by atoms with Crippen molar-refractivity contribution in [3.63, 3.8) is 0 Å². The average Bonchev–Trinajstić information content (AvgIpc) is 3.20. The standard InChI is InChI=1S/C21H23FN4O/c1-26(2)10-3-11-27-17-8-9-18-14(12-17)13-19-20(18)24-25-21(19)23-16-6-4-15(22)5-7-16/h4-9,12H,3,10-11,13H2,1-2H3,(H2,23,24,25). The van der Waals surface area contributed by atoms with E-state index < -0.39 is 0 Å². The van der Waals surface area contributed by atoms with E-state index in [1.54, 1.807) is 12.1 Å². The maximum Gasteiger partial charge on any atom is 0.156 e. The molecule has 0 saturated carbocycles. The SMILES string of the molecule is CN(C)CCCOc1ccc2c(c1)Cc1c(Nc3ccc(F)cc3)n[nH]c1-2. The van der Waals surface area contributed by atoms with Crippen LogP contribution in [0.3, 0.4) is 0 Å². The van der Waals surface area contributed by atoms with Crippen molar-refractivity contribution in [3.8, 4) is 17.0 Å². The first-order chi connectivity index (χ1) is 13.1. The molecule has 4 rings (SSSR count). The number of fused-ring (bicyclic) bond motifs is 3. The van der Waals surface area contributed by atoms with Gasteiger partial charge in [-0.1, -0.05) is 0 Å². The van der Waals surface area contributed by atoms with Crippen LogP contribution in [-0.4, -0.2) is 42.3 Å². The van der Waals surface area contributed by atoms with Crippen LogP contribution in [0, 0.1) is 5.82 Å². The third-order valence-corrected chi connectivity index (χ3v) is 4.71. The van der Waals surface area contributed by atoms with Gasteiger partial charge in [-0.3, -0.25) is 5.10 Å². The zero-order valence-corrected chi connectivity index (χ0v) is 15.6. The molecular formula is C21H23FN4O. The molecule has 3 aromatic rings. The van der Waals surface area contributed by atoms with E-state index in [0.29, 0.717) is 6.61 Å². The van der Waals surface area contributed by atoms with E-state index in [1.807, 2.05) is 6.07 Å². The summed E-state index contributed by atoms with van der Waals surface area (Å²) < 4.78 is 19.0. The van der Waals surface area contributed by atoms with Crippen LogP contribution in [0.5, 0.6) is 5.75 Å². The third-order valence-electron chi connectivity index (χ3n) is 4.71. The first-order valence-corrected chi connectivity index (χ1v) is 9.11. The van der Waals surface area contributed by atoms with Crippen molar-refractivity contribution in [1.29, 1.82) is 0 Å². The van der Waals surface area contributed by atoms with Gasteiger partial charge in [-0.15, -0.1) is 0 Å². The lowest BCUT2D eigenvalue weighted by atomic mass is 10.1. The average molecular weight is 366 g/mol. The van der Waals surface area contributed by atoms with Crippen molar-refractivity contribution in [1.82, 2.24) is 15.1 Å². The summed E-state index contributed by atoms with van der Waals surface area (Å²) in [6.07, 6.45) is 1.79. The van der Waals surface area contributed by atoms with Crippen LogP contribution in [0.25, 0.3) is 11.3 Å². The molecule has 0 amide bonds. The predicted octanol–water partition coefficient (Wildman–Crippen LogP) is 4.19. The Morgan fingerprint density at radius 1 is 1.19 bits per heavy atom. The van der Waals surface area contributed by atoms with Gasteiger partial charge in [0, 0.05) is 29.8 Å². The third kappa shape index (κ3) is 3.80. The Balaban J connectivity index is 1.46. The highest BCUT2D eigenvalue weighted by Gasteiger charge is 2.25. The van der Waals surface area contributed by atoms with Gasteiger partial charge in [-0.2, -0.15) is 5.10 Å². The van der Waals surface area contributed by atoms with Gasteiger partial charge in [-0.05, 0) is 68.5 Å². The van der Waals surface area contributed by atoms with Crippen LogP contribution in [0.4, 0.5) is 15.9 Å². The van der Waals surface area contributed by atoms with E-state index in [4.69, 9.17) is 4.74 Å². The largest absolute Gasteiger partial charge is 0.494 e. The zero-order valence-electron chi connectivity index (χ0n) is 15.6. The van der Waals surface area contributed by atoms with Crippen molar-refractivity contribution < 1.29 is 9.13 Å². The Bertz CT molecular complexity index is 934. The molecule has 1 heterocycles. The highest BCUT2D eigenvalue weighted by Crippen LogP contribution is 2.40. The van der Waals surface area contributed by atoms with Crippen LogP contribution in [0.15, 0.2) is 42.5 Å². The molecule has 1 aromatic heterocycles. The molecule has 0 fully saturated rings. The van der Waals surface area contributed by atoms with Gasteiger partial charge in [0.1, 0.15) is 11.6 Å². The van der Waals surface area contributed by atoms with Gasteiger partial charge in [0.05, 0.1) is 12.3 Å².